The van der Waals surface area contributed by atoms with Gasteiger partial charge in [0.15, 0.2) is 0 Å². The third kappa shape index (κ3) is 3.68. The predicted octanol–water partition coefficient (Wildman–Crippen LogP) is 4.09. The van der Waals surface area contributed by atoms with Gasteiger partial charge in [-0.05, 0) is 39.0 Å². The molecule has 0 radical (unpaired) electrons. The van der Waals surface area contributed by atoms with Crippen molar-refractivity contribution in [3.05, 3.63) is 60.6 Å². The summed E-state index contributed by atoms with van der Waals surface area (Å²) in [5.41, 5.74) is 2.66. The summed E-state index contributed by atoms with van der Waals surface area (Å²) >= 11 is 0. The van der Waals surface area contributed by atoms with Crippen molar-refractivity contribution in [1.82, 2.24) is 9.97 Å². The Morgan fingerprint density at radius 1 is 1.08 bits per heavy atom. The van der Waals surface area contributed by atoms with E-state index in [1.807, 2.05) is 30.3 Å². The summed E-state index contributed by atoms with van der Waals surface area (Å²) in [6.45, 7) is 6.17. The smallest absolute Gasteiger partial charge is 0.257 e. The van der Waals surface area contributed by atoms with E-state index in [-0.39, 0.29) is 11.4 Å². The van der Waals surface area contributed by atoms with Crippen LogP contribution >= 0.6 is 0 Å². The molecule has 0 atom stereocenters. The third-order valence-corrected chi connectivity index (χ3v) is 3.40. The maximum absolute atomic E-state index is 12.6. The fourth-order valence-electron chi connectivity index (χ4n) is 2.47. The van der Waals surface area contributed by atoms with E-state index in [1.165, 1.54) is 0 Å². The van der Waals surface area contributed by atoms with Crippen LogP contribution in [0.3, 0.4) is 0 Å². The van der Waals surface area contributed by atoms with E-state index in [0.29, 0.717) is 11.3 Å². The minimum atomic E-state index is -0.210. The number of rotatable bonds is 3. The lowest BCUT2D eigenvalue weighted by atomic mass is 10.1. The molecule has 122 valence electrons. The molecule has 5 nitrogen and oxygen atoms in total. The number of benzene rings is 1. The van der Waals surface area contributed by atoms with E-state index >= 15 is 0 Å². The summed E-state index contributed by atoms with van der Waals surface area (Å²) in [7, 11) is 0. The molecule has 5 heteroatoms. The van der Waals surface area contributed by atoms with Crippen LogP contribution in [0.2, 0.25) is 0 Å². The summed E-state index contributed by atoms with van der Waals surface area (Å²) in [4.78, 5) is 21.1. The molecule has 1 amide bonds. The Bertz CT molecular complexity index is 878. The van der Waals surface area contributed by atoms with Crippen molar-refractivity contribution in [1.29, 1.82) is 0 Å². The van der Waals surface area contributed by atoms with Gasteiger partial charge in [0.25, 0.3) is 5.91 Å². The van der Waals surface area contributed by atoms with E-state index < -0.39 is 0 Å². The molecule has 2 N–H and O–H groups in total. The van der Waals surface area contributed by atoms with Gasteiger partial charge >= 0.3 is 0 Å². The van der Waals surface area contributed by atoms with Crippen LogP contribution in [-0.2, 0) is 0 Å². The molecule has 0 aliphatic carbocycles. The van der Waals surface area contributed by atoms with Crippen LogP contribution in [0.4, 0.5) is 11.4 Å². The maximum Gasteiger partial charge on any atom is 0.257 e. The van der Waals surface area contributed by atoms with Gasteiger partial charge in [0.2, 0.25) is 0 Å². The number of anilines is 2. The van der Waals surface area contributed by atoms with E-state index in [1.54, 1.807) is 24.7 Å². The first-order valence-electron chi connectivity index (χ1n) is 7.81. The van der Waals surface area contributed by atoms with Crippen molar-refractivity contribution in [2.24, 2.45) is 0 Å². The Kier molecular flexibility index (Phi) is 4.16. The lowest BCUT2D eigenvalue weighted by Crippen LogP contribution is -2.26. The molecule has 1 aromatic carbocycles. The zero-order valence-electron chi connectivity index (χ0n) is 14.0. The van der Waals surface area contributed by atoms with Gasteiger partial charge in [-0.1, -0.05) is 18.2 Å². The monoisotopic (exact) mass is 320 g/mol. The van der Waals surface area contributed by atoms with Gasteiger partial charge in [0, 0.05) is 29.5 Å². The standard InChI is InChI=1S/C19H20N4O/c1-19(2,3)23-15-10-14(11-20-12-15)18(24)22-16-8-4-6-13-7-5-9-21-17(13)16/h4-12,23H,1-3H3,(H,22,24). The zero-order valence-corrected chi connectivity index (χ0v) is 14.0. The number of amides is 1. The molecular formula is C19H20N4O. The van der Waals surface area contributed by atoms with Gasteiger partial charge in [-0.15, -0.1) is 0 Å². The second-order valence-electron chi connectivity index (χ2n) is 6.67. The van der Waals surface area contributed by atoms with Crippen molar-refractivity contribution in [2.75, 3.05) is 10.6 Å². The molecule has 0 aliphatic rings. The van der Waals surface area contributed by atoms with Gasteiger partial charge in [-0.3, -0.25) is 14.8 Å². The fourth-order valence-corrected chi connectivity index (χ4v) is 2.47. The second-order valence-corrected chi connectivity index (χ2v) is 6.67. The topological polar surface area (TPSA) is 66.9 Å². The van der Waals surface area contributed by atoms with E-state index in [0.717, 1.165) is 16.6 Å². The molecule has 3 rings (SSSR count). The highest BCUT2D eigenvalue weighted by Crippen LogP contribution is 2.22. The Morgan fingerprint density at radius 2 is 1.88 bits per heavy atom. The van der Waals surface area contributed by atoms with Gasteiger partial charge < -0.3 is 10.6 Å². The normalized spacial score (nSPS) is 11.3. The highest BCUT2D eigenvalue weighted by molar-refractivity contribution is 6.08. The summed E-state index contributed by atoms with van der Waals surface area (Å²) < 4.78 is 0. The van der Waals surface area contributed by atoms with Gasteiger partial charge in [-0.25, -0.2) is 0 Å². The van der Waals surface area contributed by atoms with Crippen LogP contribution < -0.4 is 10.6 Å². The lowest BCUT2D eigenvalue weighted by Gasteiger charge is -2.22. The highest BCUT2D eigenvalue weighted by Gasteiger charge is 2.13. The first-order valence-corrected chi connectivity index (χ1v) is 7.81. The fraction of sp³-hybridized carbons (Fsp3) is 0.211. The van der Waals surface area contributed by atoms with Crippen LogP contribution in [0.5, 0.6) is 0 Å². The van der Waals surface area contributed by atoms with Crippen molar-refractivity contribution in [3.63, 3.8) is 0 Å². The van der Waals surface area contributed by atoms with E-state index in [9.17, 15) is 4.79 Å². The molecule has 0 unspecified atom stereocenters. The number of hydrogen-bond acceptors (Lipinski definition) is 4. The Morgan fingerprint density at radius 3 is 2.67 bits per heavy atom. The molecule has 24 heavy (non-hydrogen) atoms. The van der Waals surface area contributed by atoms with Crippen molar-refractivity contribution < 1.29 is 4.79 Å². The minimum Gasteiger partial charge on any atom is -0.379 e. The van der Waals surface area contributed by atoms with Gasteiger partial charge in [0.05, 0.1) is 22.5 Å². The SMILES string of the molecule is CC(C)(C)Nc1cncc(C(=O)Nc2cccc3cccnc23)c1. The first-order chi connectivity index (χ1) is 11.4. The number of carbonyl (C=O) groups is 1. The second kappa shape index (κ2) is 6.28. The number of pyridine rings is 2. The Balaban J connectivity index is 1.86. The molecule has 0 aliphatic heterocycles. The molecule has 0 fully saturated rings. The van der Waals surface area contributed by atoms with Crippen LogP contribution in [-0.4, -0.2) is 21.4 Å². The van der Waals surface area contributed by atoms with Crippen molar-refractivity contribution in [2.45, 2.75) is 26.3 Å². The number of fused-ring (bicyclic) bond motifs is 1. The Labute approximate surface area is 141 Å². The largest absolute Gasteiger partial charge is 0.379 e. The molecular weight excluding hydrogens is 300 g/mol. The summed E-state index contributed by atoms with van der Waals surface area (Å²) in [6, 6.07) is 11.3. The van der Waals surface area contributed by atoms with Crippen LogP contribution in [0.25, 0.3) is 10.9 Å². The number of nitrogens with one attached hydrogen (secondary N) is 2. The van der Waals surface area contributed by atoms with Crippen molar-refractivity contribution in [3.8, 4) is 0 Å². The van der Waals surface area contributed by atoms with Gasteiger partial charge in [-0.2, -0.15) is 0 Å². The summed E-state index contributed by atoms with van der Waals surface area (Å²) in [5, 5.41) is 7.22. The molecule has 0 saturated heterocycles. The van der Waals surface area contributed by atoms with Crippen LogP contribution in [0.1, 0.15) is 31.1 Å². The summed E-state index contributed by atoms with van der Waals surface area (Å²) in [5.74, 6) is -0.210. The third-order valence-electron chi connectivity index (χ3n) is 3.40. The number of aromatic nitrogens is 2. The first kappa shape index (κ1) is 15.9. The molecule has 0 bridgehead atoms. The maximum atomic E-state index is 12.6. The molecule has 0 spiro atoms. The molecule has 0 saturated carbocycles. The van der Waals surface area contributed by atoms with Crippen LogP contribution in [0, 0.1) is 0 Å². The average molecular weight is 320 g/mol. The molecule has 2 heterocycles. The highest BCUT2D eigenvalue weighted by atomic mass is 16.1. The van der Waals surface area contributed by atoms with Gasteiger partial charge in [0.1, 0.15) is 0 Å². The molecule has 2 aromatic heterocycles. The number of carbonyl (C=O) groups excluding carboxylic acids is 1. The van der Waals surface area contributed by atoms with Crippen LogP contribution in [0.15, 0.2) is 55.0 Å². The van der Waals surface area contributed by atoms with Crippen molar-refractivity contribution >= 4 is 28.2 Å². The predicted molar refractivity (Wildman–Crippen MR) is 97.3 cm³/mol. The quantitative estimate of drug-likeness (QED) is 0.762. The molecule has 3 aromatic rings. The van der Waals surface area contributed by atoms with E-state index in [4.69, 9.17) is 0 Å². The average Bonchev–Trinajstić information content (AvgIpc) is 2.54. The zero-order chi connectivity index (χ0) is 17.2. The minimum absolute atomic E-state index is 0.101. The lowest BCUT2D eigenvalue weighted by molar-refractivity contribution is 0.102. The number of nitrogens with zero attached hydrogens (tertiary/aromatic N) is 2. The number of hydrogen-bond donors (Lipinski definition) is 2. The summed E-state index contributed by atoms with van der Waals surface area (Å²) in [6.07, 6.45) is 4.98. The number of para-hydroxylation sites is 1. The van der Waals surface area contributed by atoms with E-state index in [2.05, 4.69) is 41.4 Å². The Hall–Kier alpha value is -2.95.